The monoisotopic (exact) mass is 257 g/mol. The number of nitrogen functional groups attached to an aromatic ring is 1. The number of carbonyl (C=O) groups is 1. The minimum Gasteiger partial charge on any atom is -0.462 e. The summed E-state index contributed by atoms with van der Waals surface area (Å²) in [5, 5.41) is 16.2. The van der Waals surface area contributed by atoms with Crippen LogP contribution < -0.4 is 5.73 Å². The Labute approximate surface area is 109 Å². The van der Waals surface area contributed by atoms with Crippen molar-refractivity contribution in [1.82, 2.24) is 15.0 Å². The molecule has 96 valence electrons. The van der Waals surface area contributed by atoms with E-state index >= 15 is 0 Å². The number of para-hydroxylation sites is 1. The average Bonchev–Trinajstić information content (AvgIpc) is 2.80. The van der Waals surface area contributed by atoms with Crippen LogP contribution in [-0.2, 0) is 4.74 Å². The van der Waals surface area contributed by atoms with Crippen LogP contribution in [0.5, 0.6) is 0 Å². The molecule has 0 aliphatic carbocycles. The smallest absolute Gasteiger partial charge is 0.340 e. The standard InChI is InChI=1S/C12H11N5O2/c1-2-19-12(18)8-5-3-4-6-10(8)17-11(14)9(7-13)15-16-17/h3-6H,2,14H2,1H3. The fourth-order valence-corrected chi connectivity index (χ4v) is 1.59. The van der Waals surface area contributed by atoms with Crippen LogP contribution in [0.1, 0.15) is 23.0 Å². The normalized spacial score (nSPS) is 9.89. The number of nitrogens with zero attached hydrogens (tertiary/aromatic N) is 4. The molecule has 0 aliphatic rings. The number of nitrogens with two attached hydrogens (primary N) is 1. The first-order valence-corrected chi connectivity index (χ1v) is 5.56. The molecule has 0 atom stereocenters. The third-order valence-electron chi connectivity index (χ3n) is 2.44. The second-order valence-corrected chi connectivity index (χ2v) is 3.58. The molecule has 1 aromatic heterocycles. The molecule has 0 fully saturated rings. The van der Waals surface area contributed by atoms with E-state index in [0.29, 0.717) is 11.3 Å². The minimum absolute atomic E-state index is 0.0126. The summed E-state index contributed by atoms with van der Waals surface area (Å²) in [4.78, 5) is 11.8. The number of hydrogen-bond donors (Lipinski definition) is 1. The Balaban J connectivity index is 2.54. The van der Waals surface area contributed by atoms with Crippen molar-refractivity contribution in [2.45, 2.75) is 6.92 Å². The highest BCUT2D eigenvalue weighted by molar-refractivity contribution is 5.93. The summed E-state index contributed by atoms with van der Waals surface area (Å²) in [5.41, 5.74) is 6.50. The third-order valence-corrected chi connectivity index (χ3v) is 2.44. The van der Waals surface area contributed by atoms with Gasteiger partial charge in [0.05, 0.1) is 17.9 Å². The molecule has 0 radical (unpaired) electrons. The fourth-order valence-electron chi connectivity index (χ4n) is 1.59. The third kappa shape index (κ3) is 2.24. The van der Waals surface area contributed by atoms with Crippen LogP contribution in [0.15, 0.2) is 24.3 Å². The molecule has 1 aromatic carbocycles. The molecular weight excluding hydrogens is 246 g/mol. The van der Waals surface area contributed by atoms with Gasteiger partial charge in [-0.1, -0.05) is 17.3 Å². The van der Waals surface area contributed by atoms with Gasteiger partial charge < -0.3 is 10.5 Å². The van der Waals surface area contributed by atoms with Crippen molar-refractivity contribution >= 4 is 11.8 Å². The van der Waals surface area contributed by atoms with Gasteiger partial charge in [0, 0.05) is 0 Å². The maximum absolute atomic E-state index is 11.8. The lowest BCUT2D eigenvalue weighted by atomic mass is 10.2. The molecule has 7 heteroatoms. The van der Waals surface area contributed by atoms with E-state index in [1.807, 2.05) is 6.07 Å². The molecule has 0 saturated carbocycles. The zero-order chi connectivity index (χ0) is 13.8. The quantitative estimate of drug-likeness (QED) is 0.818. The van der Waals surface area contributed by atoms with Crippen molar-refractivity contribution < 1.29 is 9.53 Å². The SMILES string of the molecule is CCOC(=O)c1ccccc1-n1nnc(C#N)c1N. The molecule has 0 amide bonds. The molecule has 0 unspecified atom stereocenters. The van der Waals surface area contributed by atoms with E-state index in [4.69, 9.17) is 15.7 Å². The minimum atomic E-state index is -0.480. The van der Waals surface area contributed by atoms with Crippen molar-refractivity contribution in [3.8, 4) is 11.8 Å². The Morgan fingerprint density at radius 2 is 2.26 bits per heavy atom. The van der Waals surface area contributed by atoms with E-state index in [-0.39, 0.29) is 18.1 Å². The largest absolute Gasteiger partial charge is 0.462 e. The maximum Gasteiger partial charge on any atom is 0.340 e. The van der Waals surface area contributed by atoms with Crippen LogP contribution in [0.2, 0.25) is 0 Å². The molecule has 19 heavy (non-hydrogen) atoms. The molecule has 0 spiro atoms. The lowest BCUT2D eigenvalue weighted by molar-refractivity contribution is 0.0526. The second kappa shape index (κ2) is 5.18. The zero-order valence-electron chi connectivity index (χ0n) is 10.2. The number of carbonyl (C=O) groups excluding carboxylic acids is 1. The summed E-state index contributed by atoms with van der Waals surface area (Å²) >= 11 is 0. The Morgan fingerprint density at radius 3 is 2.89 bits per heavy atom. The summed E-state index contributed by atoms with van der Waals surface area (Å²) in [6.07, 6.45) is 0. The van der Waals surface area contributed by atoms with Crippen LogP contribution in [-0.4, -0.2) is 27.6 Å². The predicted molar refractivity (Wildman–Crippen MR) is 66.4 cm³/mol. The highest BCUT2D eigenvalue weighted by Gasteiger charge is 2.17. The van der Waals surface area contributed by atoms with Gasteiger partial charge in [-0.15, -0.1) is 5.10 Å². The molecule has 2 rings (SSSR count). The summed E-state index contributed by atoms with van der Waals surface area (Å²) in [7, 11) is 0. The van der Waals surface area contributed by atoms with E-state index < -0.39 is 5.97 Å². The van der Waals surface area contributed by atoms with E-state index in [0.717, 1.165) is 0 Å². The Kier molecular flexibility index (Phi) is 3.43. The van der Waals surface area contributed by atoms with Crippen LogP contribution in [0.3, 0.4) is 0 Å². The van der Waals surface area contributed by atoms with Crippen LogP contribution >= 0.6 is 0 Å². The first-order chi connectivity index (χ1) is 9.19. The highest BCUT2D eigenvalue weighted by Crippen LogP contribution is 2.19. The van der Waals surface area contributed by atoms with Crippen molar-refractivity contribution in [2.24, 2.45) is 0 Å². The van der Waals surface area contributed by atoms with Crippen LogP contribution in [0, 0.1) is 11.3 Å². The number of anilines is 1. The number of hydrogen-bond acceptors (Lipinski definition) is 6. The van der Waals surface area contributed by atoms with E-state index in [2.05, 4.69) is 10.3 Å². The Hall–Kier alpha value is -2.88. The first kappa shape index (κ1) is 12.6. The van der Waals surface area contributed by atoms with Gasteiger partial charge in [0.25, 0.3) is 0 Å². The van der Waals surface area contributed by atoms with Gasteiger partial charge in [-0.3, -0.25) is 0 Å². The topological polar surface area (TPSA) is 107 Å². The van der Waals surface area contributed by atoms with E-state index in [1.165, 1.54) is 4.68 Å². The number of nitriles is 1. The lowest BCUT2D eigenvalue weighted by Gasteiger charge is -2.08. The molecule has 0 aliphatic heterocycles. The summed E-state index contributed by atoms with van der Waals surface area (Å²) < 4.78 is 6.20. The van der Waals surface area contributed by atoms with Gasteiger partial charge in [-0.25, -0.2) is 4.79 Å². The number of esters is 1. The van der Waals surface area contributed by atoms with Crippen molar-refractivity contribution in [3.63, 3.8) is 0 Å². The summed E-state index contributed by atoms with van der Waals surface area (Å²) in [6.45, 7) is 1.99. The van der Waals surface area contributed by atoms with Gasteiger partial charge in [-0.05, 0) is 19.1 Å². The fraction of sp³-hybridized carbons (Fsp3) is 0.167. The maximum atomic E-state index is 11.8. The van der Waals surface area contributed by atoms with Gasteiger partial charge in [0.1, 0.15) is 6.07 Å². The number of benzene rings is 1. The van der Waals surface area contributed by atoms with Crippen LogP contribution in [0.25, 0.3) is 5.69 Å². The van der Waals surface area contributed by atoms with Gasteiger partial charge >= 0.3 is 5.97 Å². The molecule has 7 nitrogen and oxygen atoms in total. The predicted octanol–water partition coefficient (Wildman–Crippen LogP) is 0.898. The molecular formula is C12H11N5O2. The Morgan fingerprint density at radius 1 is 1.53 bits per heavy atom. The molecule has 0 saturated heterocycles. The molecule has 1 heterocycles. The molecule has 2 N–H and O–H groups in total. The number of rotatable bonds is 3. The molecule has 2 aromatic rings. The van der Waals surface area contributed by atoms with Crippen molar-refractivity contribution in [1.29, 1.82) is 5.26 Å². The van der Waals surface area contributed by atoms with E-state index in [9.17, 15) is 4.79 Å². The summed E-state index contributed by atoms with van der Waals surface area (Å²) in [5.74, 6) is -0.397. The van der Waals surface area contributed by atoms with Crippen molar-refractivity contribution in [2.75, 3.05) is 12.3 Å². The van der Waals surface area contributed by atoms with Crippen molar-refractivity contribution in [3.05, 3.63) is 35.5 Å². The first-order valence-electron chi connectivity index (χ1n) is 5.56. The average molecular weight is 257 g/mol. The van der Waals surface area contributed by atoms with Gasteiger partial charge in [0.2, 0.25) is 5.69 Å². The zero-order valence-corrected chi connectivity index (χ0v) is 10.2. The summed E-state index contributed by atoms with van der Waals surface area (Å²) in [6, 6.07) is 8.50. The molecule has 0 bridgehead atoms. The number of ether oxygens (including phenoxy) is 1. The second-order valence-electron chi connectivity index (χ2n) is 3.58. The van der Waals surface area contributed by atoms with Crippen LogP contribution in [0.4, 0.5) is 5.82 Å². The van der Waals surface area contributed by atoms with Gasteiger partial charge in [-0.2, -0.15) is 9.94 Å². The number of aromatic nitrogens is 3. The van der Waals surface area contributed by atoms with Gasteiger partial charge in [0.15, 0.2) is 5.82 Å². The van der Waals surface area contributed by atoms with E-state index in [1.54, 1.807) is 31.2 Å². The highest BCUT2D eigenvalue weighted by atomic mass is 16.5. The lowest BCUT2D eigenvalue weighted by Crippen LogP contribution is -2.12. The Bertz CT molecular complexity index is 656.